The molecular weight excluding hydrogens is 590 g/mol. The average molecular weight is 673 g/mol. The van der Waals surface area contributed by atoms with Crippen LogP contribution in [0.15, 0.2) is 12.7 Å². The third kappa shape index (κ3) is 9.47. The second kappa shape index (κ2) is 17.7. The molecule has 0 spiro atoms. The van der Waals surface area contributed by atoms with E-state index in [0.29, 0.717) is 0 Å². The van der Waals surface area contributed by atoms with Crippen LogP contribution in [0.25, 0.3) is 0 Å². The second-order valence-corrected chi connectivity index (χ2v) is 25.1. The lowest BCUT2D eigenvalue weighted by Gasteiger charge is -2.54. The molecule has 0 aliphatic heterocycles. The van der Waals surface area contributed by atoms with Crippen LogP contribution in [0, 0.1) is 71.0 Å². The lowest BCUT2D eigenvalue weighted by Crippen LogP contribution is -2.43. The standard InChI is InChI=1S/C44H82P2/c1-14-36(46(43-25-34(12)17-21-39(43)30(6)7)44-26-35(13)18-22-40(44)31(8)9)27-45(41-23-32(10)15-19-37(41)28(2)3)42-24-33(11)16-20-38(42)29(4)5/h14,28-44H,1,15-27H2,2-13H3/t32-,33-,34-,35-,36?,37+,38+,39+,40+,41-,42-,43-,44-/m1/s1. The maximum absolute atomic E-state index is 4.86. The topological polar surface area (TPSA) is 0 Å². The van der Waals surface area contributed by atoms with E-state index < -0.39 is 0 Å². The molecule has 0 heterocycles. The zero-order valence-electron chi connectivity index (χ0n) is 33.2. The molecule has 46 heavy (non-hydrogen) atoms. The van der Waals surface area contributed by atoms with Gasteiger partial charge in [0.15, 0.2) is 0 Å². The highest BCUT2D eigenvalue weighted by molar-refractivity contribution is 7.64. The van der Waals surface area contributed by atoms with Crippen molar-refractivity contribution in [2.75, 3.05) is 6.16 Å². The molecule has 0 radical (unpaired) electrons. The Bertz CT molecular complexity index is 842. The number of rotatable bonds is 12. The average Bonchev–Trinajstić information content (AvgIpc) is 2.98. The maximum atomic E-state index is 4.86. The summed E-state index contributed by atoms with van der Waals surface area (Å²) in [4.78, 5) is 0. The molecule has 4 fully saturated rings. The van der Waals surface area contributed by atoms with Gasteiger partial charge in [0, 0.05) is 5.66 Å². The first-order valence-electron chi connectivity index (χ1n) is 20.9. The highest BCUT2D eigenvalue weighted by Gasteiger charge is 2.49. The Morgan fingerprint density at radius 3 is 1.04 bits per heavy atom. The van der Waals surface area contributed by atoms with E-state index in [1.165, 1.54) is 83.2 Å². The summed E-state index contributed by atoms with van der Waals surface area (Å²) >= 11 is 0. The summed E-state index contributed by atoms with van der Waals surface area (Å²) in [5, 5.41) is 0. The molecule has 2 heteroatoms. The Morgan fingerprint density at radius 2 is 0.761 bits per heavy atom. The van der Waals surface area contributed by atoms with Crippen molar-refractivity contribution in [1.82, 2.24) is 0 Å². The van der Waals surface area contributed by atoms with Crippen molar-refractivity contribution < 1.29 is 0 Å². The van der Waals surface area contributed by atoms with Crippen LogP contribution >= 0.6 is 15.8 Å². The van der Waals surface area contributed by atoms with Crippen molar-refractivity contribution in [3.8, 4) is 0 Å². The van der Waals surface area contributed by atoms with Gasteiger partial charge in [-0.3, -0.25) is 0 Å². The van der Waals surface area contributed by atoms with Crippen LogP contribution in [0.2, 0.25) is 0 Å². The van der Waals surface area contributed by atoms with E-state index in [2.05, 4.69) is 89.2 Å². The summed E-state index contributed by atoms with van der Waals surface area (Å²) in [6.07, 6.45) is 22.1. The van der Waals surface area contributed by atoms with E-state index in [1.54, 1.807) is 0 Å². The predicted molar refractivity (Wildman–Crippen MR) is 213 cm³/mol. The normalized spacial score (nSPS) is 40.4. The second-order valence-electron chi connectivity index (χ2n) is 19.5. The Balaban J connectivity index is 1.83. The first-order chi connectivity index (χ1) is 21.7. The zero-order chi connectivity index (χ0) is 33.9. The van der Waals surface area contributed by atoms with Gasteiger partial charge in [-0.2, -0.15) is 0 Å². The van der Waals surface area contributed by atoms with Crippen molar-refractivity contribution in [3.63, 3.8) is 0 Å². The molecule has 0 bridgehead atoms. The van der Waals surface area contributed by atoms with E-state index in [9.17, 15) is 0 Å². The van der Waals surface area contributed by atoms with Crippen LogP contribution in [0.3, 0.4) is 0 Å². The number of hydrogen-bond donors (Lipinski definition) is 0. The van der Waals surface area contributed by atoms with Gasteiger partial charge in [-0.25, -0.2) is 0 Å². The molecule has 0 nitrogen and oxygen atoms in total. The highest BCUT2D eigenvalue weighted by atomic mass is 31.1. The van der Waals surface area contributed by atoms with Gasteiger partial charge in [0.05, 0.1) is 0 Å². The Kier molecular flexibility index (Phi) is 15.1. The van der Waals surface area contributed by atoms with Crippen LogP contribution in [0.1, 0.15) is 160 Å². The monoisotopic (exact) mass is 673 g/mol. The van der Waals surface area contributed by atoms with Gasteiger partial charge in [-0.1, -0.05) is 131 Å². The van der Waals surface area contributed by atoms with Gasteiger partial charge in [0.1, 0.15) is 0 Å². The molecule has 4 aliphatic rings. The highest BCUT2D eigenvalue weighted by Crippen LogP contribution is 2.69. The fourth-order valence-electron chi connectivity index (χ4n) is 11.8. The van der Waals surface area contributed by atoms with Crippen LogP contribution in [-0.2, 0) is 0 Å². The lowest BCUT2D eigenvalue weighted by molar-refractivity contribution is 0.221. The molecular formula is C44H82P2. The molecule has 4 saturated carbocycles. The summed E-state index contributed by atoms with van der Waals surface area (Å²) in [6.45, 7) is 36.1. The molecule has 0 aromatic rings. The smallest absolute Gasteiger partial charge is 0.00123 e. The summed E-state index contributed by atoms with van der Waals surface area (Å²) in [7, 11) is -0.165. The van der Waals surface area contributed by atoms with E-state index in [0.717, 1.165) is 99.3 Å². The molecule has 0 saturated heterocycles. The SMILES string of the molecule is C=CC(CP([C@@H]1C[C@H](C)CC[C@H]1C(C)C)[C@@H]1C[C@H](C)CC[C@H]1C(C)C)P([C@@H]1C[C@H](C)CC[C@H]1C(C)C)[C@@H]1C[C@H](C)CC[C@H]1C(C)C. The van der Waals surface area contributed by atoms with E-state index >= 15 is 0 Å². The van der Waals surface area contributed by atoms with Gasteiger partial charge < -0.3 is 0 Å². The van der Waals surface area contributed by atoms with Crippen molar-refractivity contribution in [2.45, 2.75) is 188 Å². The third-order valence-corrected chi connectivity index (χ3v) is 22.5. The van der Waals surface area contributed by atoms with E-state index in [4.69, 9.17) is 6.58 Å². The van der Waals surface area contributed by atoms with Gasteiger partial charge in [-0.15, -0.1) is 6.58 Å². The summed E-state index contributed by atoms with van der Waals surface area (Å²) in [6, 6.07) is 0. The van der Waals surface area contributed by atoms with Crippen molar-refractivity contribution in [2.24, 2.45) is 71.0 Å². The third-order valence-electron chi connectivity index (χ3n) is 14.6. The molecule has 0 aromatic carbocycles. The summed E-state index contributed by atoms with van der Waals surface area (Å²) in [5.74, 6) is 10.7. The first kappa shape index (κ1) is 39.4. The molecule has 0 amide bonds. The molecule has 268 valence electrons. The van der Waals surface area contributed by atoms with Gasteiger partial charge in [-0.05, 0) is 151 Å². The Morgan fingerprint density at radius 1 is 0.478 bits per heavy atom. The van der Waals surface area contributed by atoms with Crippen LogP contribution in [0.4, 0.5) is 0 Å². The van der Waals surface area contributed by atoms with E-state index in [-0.39, 0.29) is 15.8 Å². The van der Waals surface area contributed by atoms with Gasteiger partial charge in [0.2, 0.25) is 0 Å². The minimum absolute atomic E-state index is 0.0498. The predicted octanol–water partition coefficient (Wildman–Crippen LogP) is 14.3. The number of allylic oxidation sites excluding steroid dienone is 1. The van der Waals surface area contributed by atoms with E-state index in [1.807, 2.05) is 0 Å². The van der Waals surface area contributed by atoms with Gasteiger partial charge >= 0.3 is 0 Å². The van der Waals surface area contributed by atoms with Gasteiger partial charge in [0.25, 0.3) is 0 Å². The Hall–Kier alpha value is 0.600. The molecule has 4 rings (SSSR count). The molecule has 4 aliphatic carbocycles. The number of hydrogen-bond acceptors (Lipinski definition) is 0. The quantitative estimate of drug-likeness (QED) is 0.143. The van der Waals surface area contributed by atoms with Crippen LogP contribution in [0.5, 0.6) is 0 Å². The van der Waals surface area contributed by atoms with Crippen molar-refractivity contribution in [1.29, 1.82) is 0 Å². The fraction of sp³-hybridized carbons (Fsp3) is 0.955. The molecule has 0 N–H and O–H groups in total. The molecule has 13 atom stereocenters. The van der Waals surface area contributed by atoms with Crippen LogP contribution < -0.4 is 0 Å². The van der Waals surface area contributed by atoms with Crippen molar-refractivity contribution in [3.05, 3.63) is 12.7 Å². The molecule has 0 aromatic heterocycles. The lowest BCUT2D eigenvalue weighted by atomic mass is 9.76. The first-order valence-corrected chi connectivity index (χ1v) is 24.1. The fourth-order valence-corrected chi connectivity index (χ4v) is 22.8. The van der Waals surface area contributed by atoms with Crippen molar-refractivity contribution >= 4 is 15.8 Å². The summed E-state index contributed by atoms with van der Waals surface area (Å²) in [5.41, 5.74) is 4.63. The van der Waals surface area contributed by atoms with Crippen LogP contribution in [-0.4, -0.2) is 34.5 Å². The largest absolute Gasteiger partial charge is 0.102 e. The Labute approximate surface area is 293 Å². The maximum Gasteiger partial charge on any atom is 0.00123 e. The minimum atomic E-state index is -0.115. The minimum Gasteiger partial charge on any atom is -0.102 e. The molecule has 1 unspecified atom stereocenters. The summed E-state index contributed by atoms with van der Waals surface area (Å²) < 4.78 is 0. The zero-order valence-corrected chi connectivity index (χ0v) is 35.0.